The molecule has 62 valence electrons. The molecule has 0 heterocycles. The quantitative estimate of drug-likeness (QED) is 0.358. The van der Waals surface area contributed by atoms with Crippen LogP contribution in [0.4, 0.5) is 0 Å². The first-order valence-corrected chi connectivity index (χ1v) is 2.73. The predicted molar refractivity (Wildman–Crippen MR) is 36.4 cm³/mol. The molecule has 11 heavy (non-hydrogen) atoms. The van der Waals surface area contributed by atoms with Gasteiger partial charge in [-0.25, -0.2) is 4.79 Å². The number of carbonyl (C=O) groups is 2. The molecule has 0 saturated heterocycles. The molecule has 0 amide bonds. The Kier molecular flexibility index (Phi) is 3.65. The van der Waals surface area contributed by atoms with Gasteiger partial charge in [-0.1, -0.05) is 0 Å². The van der Waals surface area contributed by atoms with Gasteiger partial charge in [0, 0.05) is 6.72 Å². The molecule has 3 N–H and O–H groups in total. The molecule has 0 aromatic rings. The minimum absolute atomic E-state index is 0.519. The first kappa shape index (κ1) is 9.41. The topological polar surface area (TPSA) is 99.0 Å². The number of hydrogen-bond donors (Lipinski definition) is 3. The highest BCUT2D eigenvalue weighted by molar-refractivity contribution is 5.80. The second kappa shape index (κ2) is 4.26. The number of carboxylic acid groups (broad SMARTS) is 2. The molecule has 0 bridgehead atoms. The summed E-state index contributed by atoms with van der Waals surface area (Å²) in [5, 5.41) is 19.6. The third-order valence-corrected chi connectivity index (χ3v) is 0.924. The first-order chi connectivity index (χ1) is 5.07. The van der Waals surface area contributed by atoms with Gasteiger partial charge in [0.2, 0.25) is 0 Å². The van der Waals surface area contributed by atoms with E-state index in [1.54, 1.807) is 0 Å². The summed E-state index contributed by atoms with van der Waals surface area (Å²) in [7, 11) is 0. The van der Waals surface area contributed by atoms with E-state index in [0.717, 1.165) is 0 Å². The van der Waals surface area contributed by atoms with E-state index in [1.165, 1.54) is 0 Å². The molecular weight excluding hydrogens is 152 g/mol. The van der Waals surface area contributed by atoms with Crippen LogP contribution in [-0.4, -0.2) is 34.9 Å². The van der Waals surface area contributed by atoms with Crippen LogP contribution in [0.5, 0.6) is 0 Å². The van der Waals surface area contributed by atoms with Crippen molar-refractivity contribution in [1.82, 2.24) is 5.43 Å². The van der Waals surface area contributed by atoms with Gasteiger partial charge in [0.05, 0.1) is 6.42 Å². The van der Waals surface area contributed by atoms with Gasteiger partial charge in [-0.15, -0.1) is 0 Å². The van der Waals surface area contributed by atoms with Crippen LogP contribution in [0.3, 0.4) is 0 Å². The van der Waals surface area contributed by atoms with Crippen LogP contribution in [0.15, 0.2) is 5.10 Å². The molecule has 0 saturated carbocycles. The van der Waals surface area contributed by atoms with E-state index in [0.29, 0.717) is 0 Å². The van der Waals surface area contributed by atoms with Crippen molar-refractivity contribution in [3.63, 3.8) is 0 Å². The molecule has 0 spiro atoms. The number of rotatable bonds is 5. The standard InChI is InChI=1S/C5H8N2O4/c1-6-7-3(5(10)11)2-4(8)9/h3,7H,1-2H2,(H,8,9)(H,10,11)/t3-/m1/s1. The van der Waals surface area contributed by atoms with Crippen molar-refractivity contribution < 1.29 is 19.8 Å². The monoisotopic (exact) mass is 160 g/mol. The number of hydrazone groups is 1. The maximum Gasteiger partial charge on any atom is 0.328 e. The van der Waals surface area contributed by atoms with Crippen LogP contribution >= 0.6 is 0 Å². The number of nitrogens with zero attached hydrogens (tertiary/aromatic N) is 1. The summed E-state index contributed by atoms with van der Waals surface area (Å²) in [6.45, 7) is 2.97. The van der Waals surface area contributed by atoms with Gasteiger partial charge in [-0.3, -0.25) is 10.2 Å². The molecule has 0 radical (unpaired) electrons. The second-order valence-corrected chi connectivity index (χ2v) is 1.78. The largest absolute Gasteiger partial charge is 0.481 e. The Labute approximate surface area is 62.5 Å². The predicted octanol–water partition coefficient (Wildman–Crippen LogP) is -0.880. The maximum atomic E-state index is 10.2. The van der Waals surface area contributed by atoms with Crippen molar-refractivity contribution in [3.8, 4) is 0 Å². The van der Waals surface area contributed by atoms with Crippen LogP contribution in [-0.2, 0) is 9.59 Å². The zero-order chi connectivity index (χ0) is 8.85. The smallest absolute Gasteiger partial charge is 0.328 e. The van der Waals surface area contributed by atoms with Crippen molar-refractivity contribution in [1.29, 1.82) is 0 Å². The molecule has 0 aliphatic rings. The molecule has 1 atom stereocenters. The highest BCUT2D eigenvalue weighted by Gasteiger charge is 2.19. The van der Waals surface area contributed by atoms with E-state index in [1.807, 2.05) is 5.43 Å². The summed E-state index contributed by atoms with van der Waals surface area (Å²) in [5.74, 6) is -2.46. The molecule has 6 nitrogen and oxygen atoms in total. The highest BCUT2D eigenvalue weighted by atomic mass is 16.4. The molecule has 0 unspecified atom stereocenters. The summed E-state index contributed by atoms with van der Waals surface area (Å²) in [5.41, 5.74) is 2.05. The molecule has 0 aliphatic carbocycles. The van der Waals surface area contributed by atoms with E-state index in [4.69, 9.17) is 10.2 Å². The Bertz CT molecular complexity index is 179. The maximum absolute atomic E-state index is 10.2. The van der Waals surface area contributed by atoms with Crippen molar-refractivity contribution in [3.05, 3.63) is 0 Å². The zero-order valence-corrected chi connectivity index (χ0v) is 5.65. The number of hydrogen-bond acceptors (Lipinski definition) is 4. The van der Waals surface area contributed by atoms with Crippen molar-refractivity contribution in [2.45, 2.75) is 12.5 Å². The number of carboxylic acids is 2. The van der Waals surface area contributed by atoms with Gasteiger partial charge in [-0.2, -0.15) is 5.10 Å². The average molecular weight is 160 g/mol. The minimum atomic E-state index is -1.26. The SMILES string of the molecule is C=NN[C@H](CC(=O)O)C(=O)O. The van der Waals surface area contributed by atoms with Crippen molar-refractivity contribution >= 4 is 18.7 Å². The second-order valence-electron chi connectivity index (χ2n) is 1.78. The molecular formula is C5H8N2O4. The van der Waals surface area contributed by atoms with Gasteiger partial charge in [0.25, 0.3) is 0 Å². The average Bonchev–Trinajstić information content (AvgIpc) is 1.86. The Hall–Kier alpha value is -1.59. The van der Waals surface area contributed by atoms with E-state index in [2.05, 4.69) is 11.8 Å². The fourth-order valence-electron chi connectivity index (χ4n) is 0.473. The van der Waals surface area contributed by atoms with Crippen LogP contribution in [0.1, 0.15) is 6.42 Å². The summed E-state index contributed by atoms with van der Waals surface area (Å²) >= 11 is 0. The molecule has 0 aliphatic heterocycles. The fraction of sp³-hybridized carbons (Fsp3) is 0.400. The number of aliphatic carboxylic acids is 2. The first-order valence-electron chi connectivity index (χ1n) is 2.73. The summed E-state index contributed by atoms with van der Waals surface area (Å²) in [4.78, 5) is 20.2. The van der Waals surface area contributed by atoms with Crippen LogP contribution in [0.25, 0.3) is 0 Å². The Morgan fingerprint density at radius 3 is 2.36 bits per heavy atom. The third-order valence-electron chi connectivity index (χ3n) is 0.924. The van der Waals surface area contributed by atoms with Gasteiger partial charge in [0.15, 0.2) is 6.04 Å². The Balaban J connectivity index is 3.99. The number of nitrogens with one attached hydrogen (secondary N) is 1. The molecule has 0 rings (SSSR count). The van der Waals surface area contributed by atoms with Gasteiger partial charge < -0.3 is 10.2 Å². The summed E-state index contributed by atoms with van der Waals surface area (Å²) < 4.78 is 0. The highest BCUT2D eigenvalue weighted by Crippen LogP contribution is 1.91. The molecule has 0 aromatic carbocycles. The van der Waals surface area contributed by atoms with Crippen molar-refractivity contribution in [2.24, 2.45) is 5.10 Å². The van der Waals surface area contributed by atoms with Crippen LogP contribution < -0.4 is 5.43 Å². The Morgan fingerprint density at radius 1 is 1.55 bits per heavy atom. The lowest BCUT2D eigenvalue weighted by atomic mass is 10.2. The fourth-order valence-corrected chi connectivity index (χ4v) is 0.473. The lowest BCUT2D eigenvalue weighted by molar-refractivity contribution is -0.145. The third kappa shape index (κ3) is 3.90. The van der Waals surface area contributed by atoms with E-state index in [9.17, 15) is 9.59 Å². The lowest BCUT2D eigenvalue weighted by Crippen LogP contribution is -2.35. The van der Waals surface area contributed by atoms with Gasteiger partial charge in [-0.05, 0) is 0 Å². The molecule has 0 aromatic heterocycles. The van der Waals surface area contributed by atoms with Crippen molar-refractivity contribution in [2.75, 3.05) is 0 Å². The van der Waals surface area contributed by atoms with Gasteiger partial charge >= 0.3 is 11.9 Å². The minimum Gasteiger partial charge on any atom is -0.481 e. The Morgan fingerprint density at radius 2 is 2.09 bits per heavy atom. The van der Waals surface area contributed by atoms with Crippen LogP contribution in [0.2, 0.25) is 0 Å². The van der Waals surface area contributed by atoms with Gasteiger partial charge in [0.1, 0.15) is 0 Å². The van der Waals surface area contributed by atoms with E-state index >= 15 is 0 Å². The van der Waals surface area contributed by atoms with Crippen LogP contribution in [0, 0.1) is 0 Å². The zero-order valence-electron chi connectivity index (χ0n) is 5.65. The summed E-state index contributed by atoms with van der Waals surface area (Å²) in [6, 6.07) is -1.20. The normalized spacial score (nSPS) is 11.6. The molecule has 0 fully saturated rings. The van der Waals surface area contributed by atoms with E-state index in [-0.39, 0.29) is 0 Å². The van der Waals surface area contributed by atoms with E-state index < -0.39 is 24.4 Å². The lowest BCUT2D eigenvalue weighted by Gasteiger charge is -2.07. The molecule has 6 heteroatoms. The summed E-state index contributed by atoms with van der Waals surface area (Å²) in [6.07, 6.45) is -0.519.